The van der Waals surface area contributed by atoms with Crippen LogP contribution in [-0.2, 0) is 10.0 Å². The van der Waals surface area contributed by atoms with E-state index in [9.17, 15) is 13.2 Å². The number of hydrogen-bond donors (Lipinski definition) is 2. The molecule has 1 heterocycles. The fourth-order valence-electron chi connectivity index (χ4n) is 2.47. The van der Waals surface area contributed by atoms with Crippen molar-refractivity contribution in [2.24, 2.45) is 0 Å². The van der Waals surface area contributed by atoms with E-state index in [1.807, 2.05) is 19.1 Å². The van der Waals surface area contributed by atoms with E-state index in [-0.39, 0.29) is 17.4 Å². The van der Waals surface area contributed by atoms with Gasteiger partial charge in [0.1, 0.15) is 5.58 Å². The van der Waals surface area contributed by atoms with Crippen LogP contribution in [0.5, 0.6) is 0 Å². The van der Waals surface area contributed by atoms with Crippen LogP contribution >= 0.6 is 15.9 Å². The number of aryl methyl sites for hydroxylation is 1. The average Bonchev–Trinajstić information content (AvgIpc) is 2.93. The Morgan fingerprint density at radius 2 is 1.77 bits per heavy atom. The zero-order chi connectivity index (χ0) is 18.9. The van der Waals surface area contributed by atoms with E-state index in [2.05, 4.69) is 26.0 Å². The van der Waals surface area contributed by atoms with Crippen molar-refractivity contribution < 1.29 is 17.6 Å². The Morgan fingerprint density at radius 1 is 1.12 bits per heavy atom. The molecular weight excluding hydrogens is 420 g/mol. The number of carbonyl (C=O) groups excluding carboxylic acids is 1. The summed E-state index contributed by atoms with van der Waals surface area (Å²) >= 11 is 3.41. The van der Waals surface area contributed by atoms with Gasteiger partial charge in [0, 0.05) is 26.8 Å². The Bertz CT molecular complexity index is 1070. The number of amides is 1. The Kier molecular flexibility index (Phi) is 5.06. The summed E-state index contributed by atoms with van der Waals surface area (Å²) in [6, 6.07) is 12.0. The van der Waals surface area contributed by atoms with Gasteiger partial charge in [0.15, 0.2) is 5.76 Å². The van der Waals surface area contributed by atoms with Gasteiger partial charge in [-0.1, -0.05) is 15.9 Å². The third-order valence-electron chi connectivity index (χ3n) is 3.90. The van der Waals surface area contributed by atoms with E-state index in [0.29, 0.717) is 17.0 Å². The van der Waals surface area contributed by atoms with Gasteiger partial charge in [-0.15, -0.1) is 0 Å². The molecule has 1 amide bonds. The summed E-state index contributed by atoms with van der Waals surface area (Å²) < 4.78 is 32.2. The topological polar surface area (TPSA) is 88.4 Å². The van der Waals surface area contributed by atoms with Gasteiger partial charge in [-0.25, -0.2) is 8.42 Å². The number of benzene rings is 2. The molecule has 0 atom stereocenters. The van der Waals surface area contributed by atoms with Crippen LogP contribution in [0.1, 0.15) is 23.0 Å². The van der Waals surface area contributed by atoms with Gasteiger partial charge in [0.25, 0.3) is 5.91 Å². The highest BCUT2D eigenvalue weighted by molar-refractivity contribution is 9.10. The van der Waals surface area contributed by atoms with Crippen molar-refractivity contribution in [1.29, 1.82) is 0 Å². The van der Waals surface area contributed by atoms with E-state index in [1.165, 1.54) is 0 Å². The number of fused-ring (bicyclic) bond motifs is 1. The van der Waals surface area contributed by atoms with E-state index < -0.39 is 10.0 Å². The molecule has 2 aromatic carbocycles. The van der Waals surface area contributed by atoms with E-state index in [4.69, 9.17) is 4.42 Å². The number of nitrogens with one attached hydrogen (secondary N) is 2. The molecule has 0 saturated heterocycles. The Hall–Kier alpha value is -2.32. The SMILES string of the molecule is CCS(=O)(=O)Nc1ccc(NC(=O)c2oc3ccc(Br)cc3c2C)cc1. The summed E-state index contributed by atoms with van der Waals surface area (Å²) in [5.41, 5.74) is 2.37. The van der Waals surface area contributed by atoms with Gasteiger partial charge in [0.05, 0.1) is 5.75 Å². The highest BCUT2D eigenvalue weighted by Crippen LogP contribution is 2.28. The smallest absolute Gasteiger partial charge is 0.291 e. The third-order valence-corrected chi connectivity index (χ3v) is 5.70. The first-order chi connectivity index (χ1) is 12.3. The maximum atomic E-state index is 12.5. The van der Waals surface area contributed by atoms with Crippen molar-refractivity contribution >= 4 is 54.2 Å². The Labute approximate surface area is 159 Å². The molecule has 0 aliphatic rings. The quantitative estimate of drug-likeness (QED) is 0.615. The number of furan rings is 1. The molecule has 1 aromatic heterocycles. The first kappa shape index (κ1) is 18.5. The second kappa shape index (κ2) is 7.13. The maximum absolute atomic E-state index is 12.5. The Balaban J connectivity index is 1.79. The van der Waals surface area contributed by atoms with Crippen molar-refractivity contribution in [2.45, 2.75) is 13.8 Å². The lowest BCUT2D eigenvalue weighted by Crippen LogP contribution is -2.15. The molecule has 26 heavy (non-hydrogen) atoms. The predicted octanol–water partition coefficient (Wildman–Crippen LogP) is 4.52. The van der Waals surface area contributed by atoms with Crippen LogP contribution in [0.25, 0.3) is 11.0 Å². The van der Waals surface area contributed by atoms with Crippen LogP contribution < -0.4 is 10.0 Å². The highest BCUT2D eigenvalue weighted by atomic mass is 79.9. The van der Waals surface area contributed by atoms with Crippen LogP contribution in [0.2, 0.25) is 0 Å². The van der Waals surface area contributed by atoms with Gasteiger partial charge in [-0.05, 0) is 56.3 Å². The van der Waals surface area contributed by atoms with Crippen LogP contribution in [0.4, 0.5) is 11.4 Å². The number of sulfonamides is 1. The second-order valence-corrected chi connectivity index (χ2v) is 8.66. The summed E-state index contributed by atoms with van der Waals surface area (Å²) in [6.45, 7) is 3.39. The minimum absolute atomic E-state index is 0.00701. The molecule has 2 N–H and O–H groups in total. The van der Waals surface area contributed by atoms with Crippen LogP contribution in [0, 0.1) is 6.92 Å². The van der Waals surface area contributed by atoms with Crippen molar-refractivity contribution in [1.82, 2.24) is 0 Å². The largest absolute Gasteiger partial charge is 0.451 e. The normalized spacial score (nSPS) is 11.5. The van der Waals surface area contributed by atoms with Gasteiger partial charge in [-0.2, -0.15) is 0 Å². The lowest BCUT2D eigenvalue weighted by molar-refractivity contribution is 0.0998. The van der Waals surface area contributed by atoms with Crippen molar-refractivity contribution in [3.63, 3.8) is 0 Å². The molecule has 0 radical (unpaired) electrons. The van der Waals surface area contributed by atoms with Crippen molar-refractivity contribution in [3.8, 4) is 0 Å². The summed E-state index contributed by atoms with van der Waals surface area (Å²) in [5, 5.41) is 3.63. The summed E-state index contributed by atoms with van der Waals surface area (Å²) in [4.78, 5) is 12.5. The molecule has 136 valence electrons. The molecular formula is C18H17BrN2O4S. The molecule has 3 rings (SSSR count). The van der Waals surface area contributed by atoms with E-state index in [0.717, 1.165) is 15.4 Å². The predicted molar refractivity (Wildman–Crippen MR) is 106 cm³/mol. The lowest BCUT2D eigenvalue weighted by Gasteiger charge is -2.08. The molecule has 0 bridgehead atoms. The van der Waals surface area contributed by atoms with Gasteiger partial charge < -0.3 is 9.73 Å². The second-order valence-electron chi connectivity index (χ2n) is 5.73. The summed E-state index contributed by atoms with van der Waals surface area (Å²) in [5.74, 6) is -0.127. The van der Waals surface area contributed by atoms with Crippen molar-refractivity contribution in [2.75, 3.05) is 15.8 Å². The fourth-order valence-corrected chi connectivity index (χ4v) is 3.47. The number of carbonyl (C=O) groups is 1. The van der Waals surface area contributed by atoms with Gasteiger partial charge in [-0.3, -0.25) is 9.52 Å². The number of hydrogen-bond acceptors (Lipinski definition) is 4. The zero-order valence-corrected chi connectivity index (χ0v) is 16.6. The molecule has 0 spiro atoms. The standard InChI is InChI=1S/C18H17BrN2O4S/c1-3-26(23,24)21-14-7-5-13(6-8-14)20-18(22)17-11(2)15-10-12(19)4-9-16(15)25-17/h4-10,21H,3H2,1-2H3,(H,20,22). The molecule has 0 saturated carbocycles. The summed E-state index contributed by atoms with van der Waals surface area (Å²) in [6.07, 6.45) is 0. The molecule has 0 unspecified atom stereocenters. The summed E-state index contributed by atoms with van der Waals surface area (Å²) in [7, 11) is -3.33. The van der Waals surface area contributed by atoms with Gasteiger partial charge in [0.2, 0.25) is 10.0 Å². The van der Waals surface area contributed by atoms with Crippen molar-refractivity contribution in [3.05, 3.63) is 58.3 Å². The Morgan fingerprint density at radius 3 is 2.42 bits per heavy atom. The third kappa shape index (κ3) is 3.91. The van der Waals surface area contributed by atoms with Crippen LogP contribution in [-0.4, -0.2) is 20.1 Å². The first-order valence-corrected chi connectivity index (χ1v) is 10.3. The minimum Gasteiger partial charge on any atom is -0.451 e. The maximum Gasteiger partial charge on any atom is 0.291 e. The highest BCUT2D eigenvalue weighted by Gasteiger charge is 2.18. The van der Waals surface area contributed by atoms with Gasteiger partial charge >= 0.3 is 0 Å². The fraction of sp³-hybridized carbons (Fsp3) is 0.167. The monoisotopic (exact) mass is 436 g/mol. The molecule has 0 aliphatic heterocycles. The van der Waals surface area contributed by atoms with E-state index >= 15 is 0 Å². The van der Waals surface area contributed by atoms with E-state index in [1.54, 1.807) is 37.3 Å². The van der Waals surface area contributed by atoms with Crippen LogP contribution in [0.3, 0.4) is 0 Å². The molecule has 0 aliphatic carbocycles. The zero-order valence-electron chi connectivity index (χ0n) is 14.2. The minimum atomic E-state index is -3.33. The molecule has 3 aromatic rings. The number of halogens is 1. The molecule has 8 heteroatoms. The molecule has 6 nitrogen and oxygen atoms in total. The first-order valence-electron chi connectivity index (χ1n) is 7.89. The lowest BCUT2D eigenvalue weighted by atomic mass is 10.1. The van der Waals surface area contributed by atoms with Crippen LogP contribution in [0.15, 0.2) is 51.4 Å². The average molecular weight is 437 g/mol. The number of rotatable bonds is 5. The number of anilines is 2. The molecule has 0 fully saturated rings.